The minimum atomic E-state index is 0.375. The van der Waals surface area contributed by atoms with Crippen LogP contribution >= 0.6 is 11.3 Å². The molecule has 0 fully saturated rings. The van der Waals surface area contributed by atoms with Crippen molar-refractivity contribution in [1.82, 2.24) is 4.57 Å². The van der Waals surface area contributed by atoms with Crippen LogP contribution in [0.4, 0.5) is 17.1 Å². The highest BCUT2D eigenvalue weighted by molar-refractivity contribution is 7.26. The molecule has 9 aromatic rings. The van der Waals surface area contributed by atoms with Gasteiger partial charge < -0.3 is 9.47 Å². The van der Waals surface area contributed by atoms with Crippen molar-refractivity contribution in [1.29, 1.82) is 0 Å². The SMILES string of the molecule is C1=CC2=C3C(=c4ccccc4=CC3C1)c1cccc(N(c3ccc4c(c3)c3ccccc3n4-c3ccccc3)c3cccc4c3sc3ccccc34)c12. The third-order valence-corrected chi connectivity index (χ3v) is 12.8. The zero-order valence-corrected chi connectivity index (χ0v) is 29.6. The average Bonchev–Trinajstić information content (AvgIpc) is 3.88. The molecule has 0 bridgehead atoms. The third kappa shape index (κ3) is 4.08. The molecule has 7 aromatic carbocycles. The van der Waals surface area contributed by atoms with E-state index in [1.807, 2.05) is 11.3 Å². The summed E-state index contributed by atoms with van der Waals surface area (Å²) in [6, 6.07) is 58.3. The predicted molar refractivity (Wildman–Crippen MR) is 225 cm³/mol. The Kier molecular flexibility index (Phi) is 6.08. The molecule has 2 nitrogen and oxygen atoms in total. The van der Waals surface area contributed by atoms with Crippen LogP contribution in [0.5, 0.6) is 0 Å². The molecule has 1 unspecified atom stereocenters. The number of para-hydroxylation sites is 2. The number of nitrogens with zero attached hydrogens (tertiary/aromatic N) is 2. The second-order valence-corrected chi connectivity index (χ2v) is 15.4. The Bertz CT molecular complexity index is 3210. The van der Waals surface area contributed by atoms with Crippen molar-refractivity contribution in [3.8, 4) is 5.69 Å². The van der Waals surface area contributed by atoms with Crippen molar-refractivity contribution in [2.24, 2.45) is 5.92 Å². The van der Waals surface area contributed by atoms with Gasteiger partial charge in [-0.1, -0.05) is 121 Å². The number of anilines is 3. The highest BCUT2D eigenvalue weighted by Crippen LogP contribution is 2.54. The van der Waals surface area contributed by atoms with Gasteiger partial charge in [0.2, 0.25) is 0 Å². The molecule has 248 valence electrons. The van der Waals surface area contributed by atoms with E-state index in [0.717, 1.165) is 12.1 Å². The maximum absolute atomic E-state index is 2.56. The highest BCUT2D eigenvalue weighted by Gasteiger charge is 2.36. The zero-order chi connectivity index (χ0) is 34.6. The van der Waals surface area contributed by atoms with Crippen molar-refractivity contribution in [2.45, 2.75) is 6.42 Å². The fraction of sp³-hybridized carbons (Fsp3) is 0.0400. The lowest BCUT2D eigenvalue weighted by molar-refractivity contribution is 0.831. The summed E-state index contributed by atoms with van der Waals surface area (Å²) >= 11 is 1.89. The Hall–Kier alpha value is -6.42. The van der Waals surface area contributed by atoms with Crippen LogP contribution in [-0.4, -0.2) is 4.57 Å². The first-order chi connectivity index (χ1) is 26.3. The van der Waals surface area contributed by atoms with E-state index in [1.165, 1.54) is 97.3 Å². The molecule has 0 aliphatic heterocycles. The first-order valence-electron chi connectivity index (χ1n) is 18.5. The van der Waals surface area contributed by atoms with Gasteiger partial charge in [-0.05, 0) is 93.7 Å². The zero-order valence-electron chi connectivity index (χ0n) is 28.8. The van der Waals surface area contributed by atoms with Gasteiger partial charge in [0.05, 0.1) is 27.1 Å². The highest BCUT2D eigenvalue weighted by atomic mass is 32.1. The quantitative estimate of drug-likeness (QED) is 0.178. The lowest BCUT2D eigenvalue weighted by Gasteiger charge is -2.29. The minimum Gasteiger partial charge on any atom is -0.309 e. The summed E-state index contributed by atoms with van der Waals surface area (Å²) in [6.07, 6.45) is 8.32. The van der Waals surface area contributed by atoms with E-state index >= 15 is 0 Å². The Morgan fingerprint density at radius 2 is 1.36 bits per heavy atom. The molecule has 2 heterocycles. The molecule has 0 spiro atoms. The van der Waals surface area contributed by atoms with Gasteiger partial charge in [0.15, 0.2) is 0 Å². The molecular weight excluding hydrogens is 661 g/mol. The molecule has 3 heteroatoms. The number of fused-ring (bicyclic) bond motifs is 10. The van der Waals surface area contributed by atoms with Gasteiger partial charge in [-0.25, -0.2) is 0 Å². The first kappa shape index (κ1) is 29.2. The fourth-order valence-electron chi connectivity index (χ4n) is 9.44. The molecule has 0 amide bonds. The number of benzene rings is 7. The lowest BCUT2D eigenvalue weighted by atomic mass is 9.80. The molecule has 0 N–H and O–H groups in total. The van der Waals surface area contributed by atoms with E-state index in [4.69, 9.17) is 0 Å². The summed E-state index contributed by atoms with van der Waals surface area (Å²) in [4.78, 5) is 2.56. The molecule has 1 atom stereocenters. The van der Waals surface area contributed by atoms with Gasteiger partial charge in [-0.15, -0.1) is 11.3 Å². The van der Waals surface area contributed by atoms with Crippen LogP contribution in [0.15, 0.2) is 175 Å². The van der Waals surface area contributed by atoms with E-state index in [1.54, 1.807) is 0 Å². The summed E-state index contributed by atoms with van der Waals surface area (Å²) in [6.45, 7) is 0. The van der Waals surface area contributed by atoms with Gasteiger partial charge in [0.25, 0.3) is 0 Å². The molecule has 0 radical (unpaired) electrons. The largest absolute Gasteiger partial charge is 0.309 e. The summed E-state index contributed by atoms with van der Waals surface area (Å²) < 4.78 is 5.02. The smallest absolute Gasteiger partial charge is 0.0640 e. The summed E-state index contributed by atoms with van der Waals surface area (Å²) in [7, 11) is 0. The first-order valence-corrected chi connectivity index (χ1v) is 19.3. The molecule has 53 heavy (non-hydrogen) atoms. The summed E-state index contributed by atoms with van der Waals surface area (Å²) in [5.41, 5.74) is 14.1. The summed E-state index contributed by atoms with van der Waals surface area (Å²) in [5.74, 6) is 0.375. The number of allylic oxidation sites excluding steroid dienone is 4. The van der Waals surface area contributed by atoms with Crippen LogP contribution in [-0.2, 0) is 0 Å². The Balaban J connectivity index is 1.19. The van der Waals surface area contributed by atoms with E-state index in [9.17, 15) is 0 Å². The van der Waals surface area contributed by atoms with Crippen molar-refractivity contribution in [3.63, 3.8) is 0 Å². The predicted octanol–water partition coefficient (Wildman–Crippen LogP) is 12.0. The van der Waals surface area contributed by atoms with Gasteiger partial charge in [-0.2, -0.15) is 0 Å². The van der Waals surface area contributed by atoms with Crippen molar-refractivity contribution in [2.75, 3.05) is 4.90 Å². The van der Waals surface area contributed by atoms with E-state index in [2.05, 4.69) is 185 Å². The lowest BCUT2D eigenvalue weighted by Crippen LogP contribution is -2.32. The molecule has 12 rings (SSSR count). The standard InChI is InChI=1S/C50H32N2S/c1-2-15-33(16-3-1)51-42-23-8-6-18-36(42)41-30-34(27-28-43(41)51)52(45-25-11-20-38-37-19-7-9-26-46(37)53-50(38)45)44-24-12-22-40-48(44)39-21-10-14-32-29-31-13-4-5-17-35(31)49(40)47(32)39/h1-13,15-30,32H,14H2. The third-order valence-electron chi connectivity index (χ3n) is 11.6. The maximum Gasteiger partial charge on any atom is 0.0640 e. The molecular formula is C50H32N2S. The van der Waals surface area contributed by atoms with Crippen molar-refractivity contribution in [3.05, 3.63) is 197 Å². The van der Waals surface area contributed by atoms with Crippen molar-refractivity contribution < 1.29 is 0 Å². The molecule has 2 aromatic heterocycles. The number of aromatic nitrogens is 1. The summed E-state index contributed by atoms with van der Waals surface area (Å²) in [5, 5.41) is 7.80. The second-order valence-electron chi connectivity index (χ2n) is 14.4. The monoisotopic (exact) mass is 692 g/mol. The average molecular weight is 693 g/mol. The second kappa shape index (κ2) is 11.0. The topological polar surface area (TPSA) is 8.17 Å². The van der Waals surface area contributed by atoms with Crippen LogP contribution < -0.4 is 15.3 Å². The molecule has 0 saturated heterocycles. The molecule has 3 aliphatic carbocycles. The molecule has 0 saturated carbocycles. The van der Waals surface area contributed by atoms with Gasteiger partial charge >= 0.3 is 0 Å². The maximum atomic E-state index is 2.56. The number of hydrogen-bond acceptors (Lipinski definition) is 2. The van der Waals surface area contributed by atoms with Gasteiger partial charge in [0, 0.05) is 49.1 Å². The van der Waals surface area contributed by atoms with E-state index < -0.39 is 0 Å². The number of hydrogen-bond donors (Lipinski definition) is 0. The minimum absolute atomic E-state index is 0.375. The van der Waals surface area contributed by atoms with Crippen LogP contribution in [0, 0.1) is 5.92 Å². The van der Waals surface area contributed by atoms with Crippen LogP contribution in [0.1, 0.15) is 17.5 Å². The van der Waals surface area contributed by atoms with Gasteiger partial charge in [-0.3, -0.25) is 0 Å². The Morgan fingerprint density at radius 1 is 0.604 bits per heavy atom. The van der Waals surface area contributed by atoms with Crippen LogP contribution in [0.3, 0.4) is 0 Å². The Morgan fingerprint density at radius 3 is 2.30 bits per heavy atom. The Labute approximate surface area is 310 Å². The van der Waals surface area contributed by atoms with Gasteiger partial charge in [0.1, 0.15) is 0 Å². The van der Waals surface area contributed by atoms with Crippen molar-refractivity contribution >= 4 is 87.6 Å². The normalized spacial score (nSPS) is 15.6. The fourth-order valence-corrected chi connectivity index (χ4v) is 10.6. The number of rotatable bonds is 4. The van der Waals surface area contributed by atoms with Crippen LogP contribution in [0.25, 0.3) is 64.9 Å². The van der Waals surface area contributed by atoms with Crippen LogP contribution in [0.2, 0.25) is 0 Å². The van der Waals surface area contributed by atoms with E-state index in [-0.39, 0.29) is 0 Å². The molecule has 3 aliphatic rings. The number of thiophene rings is 1. The van der Waals surface area contributed by atoms with E-state index in [0.29, 0.717) is 5.92 Å².